The zero-order valence-corrected chi connectivity index (χ0v) is 20.7. The molecular weight excluding hydrogens is 468 g/mol. The maximum atomic E-state index is 13.3. The Morgan fingerprint density at radius 3 is 2.51 bits per heavy atom. The summed E-state index contributed by atoms with van der Waals surface area (Å²) >= 11 is 5.94. The van der Waals surface area contributed by atoms with Crippen LogP contribution in [0.25, 0.3) is 0 Å². The Bertz CT molecular complexity index is 1070. The molecule has 3 amide bonds. The van der Waals surface area contributed by atoms with Crippen molar-refractivity contribution in [3.05, 3.63) is 58.9 Å². The van der Waals surface area contributed by atoms with Crippen LogP contribution in [0.2, 0.25) is 5.02 Å². The predicted molar refractivity (Wildman–Crippen MR) is 133 cm³/mol. The SMILES string of the molecule is CNC(=O)C12CCCCN(C(=O)c3ccc(Cl)cn3)CCOc3ccccc3C(=O)N(CC1)CC2. The van der Waals surface area contributed by atoms with Crippen LogP contribution in [-0.4, -0.2) is 72.3 Å². The fraction of sp³-hybridized carbons (Fsp3) is 0.462. The fourth-order valence-electron chi connectivity index (χ4n) is 4.94. The van der Waals surface area contributed by atoms with Gasteiger partial charge in [0.25, 0.3) is 11.8 Å². The zero-order chi connectivity index (χ0) is 24.8. The average Bonchev–Trinajstić information content (AvgIpc) is 2.90. The number of hydrogen-bond donors (Lipinski definition) is 1. The number of fused-ring (bicyclic) bond motifs is 9. The standard InChI is InChI=1S/C26H31ClN4O4/c1-28-25(34)26-10-4-5-13-30(24(33)21-9-8-19(27)18-29-21)16-17-35-22-7-3-2-6-20(22)23(32)31(14-11-26)15-12-26/h2-3,6-9,18H,4-5,10-17H2,1H3,(H,28,34). The van der Waals surface area contributed by atoms with Gasteiger partial charge in [-0.3, -0.25) is 14.4 Å². The summed E-state index contributed by atoms with van der Waals surface area (Å²) in [5.74, 6) is 0.217. The third kappa shape index (κ3) is 5.59. The first-order chi connectivity index (χ1) is 16.9. The molecule has 1 saturated heterocycles. The summed E-state index contributed by atoms with van der Waals surface area (Å²) in [7, 11) is 1.66. The normalized spacial score (nSPS) is 18.6. The molecule has 0 saturated carbocycles. The first-order valence-electron chi connectivity index (χ1n) is 12.1. The number of ether oxygens (including phenoxy) is 1. The number of pyridine rings is 1. The number of piperidine rings is 1. The van der Waals surface area contributed by atoms with Crippen molar-refractivity contribution >= 4 is 29.3 Å². The van der Waals surface area contributed by atoms with Gasteiger partial charge in [-0.05, 0) is 49.9 Å². The summed E-state index contributed by atoms with van der Waals surface area (Å²) in [6.07, 6.45) is 4.93. The van der Waals surface area contributed by atoms with E-state index in [-0.39, 0.29) is 24.3 Å². The van der Waals surface area contributed by atoms with E-state index in [0.717, 1.165) is 12.8 Å². The molecule has 1 fully saturated rings. The van der Waals surface area contributed by atoms with Crippen molar-refractivity contribution in [2.75, 3.05) is 39.8 Å². The van der Waals surface area contributed by atoms with E-state index < -0.39 is 5.41 Å². The number of carbonyl (C=O) groups excluding carboxylic acids is 3. The molecule has 186 valence electrons. The number of para-hydroxylation sites is 1. The van der Waals surface area contributed by atoms with Crippen molar-refractivity contribution in [3.63, 3.8) is 0 Å². The van der Waals surface area contributed by atoms with E-state index in [1.165, 1.54) is 6.20 Å². The Labute approximate surface area is 210 Å². The molecule has 9 heteroatoms. The van der Waals surface area contributed by atoms with Gasteiger partial charge in [0.15, 0.2) is 0 Å². The summed E-state index contributed by atoms with van der Waals surface area (Å²) < 4.78 is 6.00. The maximum Gasteiger partial charge on any atom is 0.272 e. The lowest BCUT2D eigenvalue weighted by molar-refractivity contribution is -0.133. The second kappa shape index (κ2) is 11.1. The minimum absolute atomic E-state index is 0.0240. The first-order valence-corrected chi connectivity index (χ1v) is 12.5. The topological polar surface area (TPSA) is 91.8 Å². The molecule has 35 heavy (non-hydrogen) atoms. The summed E-state index contributed by atoms with van der Waals surface area (Å²) in [4.78, 5) is 47.1. The Morgan fingerprint density at radius 1 is 1.03 bits per heavy atom. The highest BCUT2D eigenvalue weighted by molar-refractivity contribution is 6.30. The Kier molecular flexibility index (Phi) is 7.90. The van der Waals surface area contributed by atoms with Crippen LogP contribution >= 0.6 is 11.6 Å². The lowest BCUT2D eigenvalue weighted by Gasteiger charge is -2.40. The van der Waals surface area contributed by atoms with Crippen LogP contribution in [0.1, 0.15) is 53.0 Å². The Morgan fingerprint density at radius 2 is 1.80 bits per heavy atom. The molecule has 1 aromatic heterocycles. The largest absolute Gasteiger partial charge is 0.491 e. The van der Waals surface area contributed by atoms with Crippen molar-refractivity contribution in [2.45, 2.75) is 32.1 Å². The number of hydrogen-bond acceptors (Lipinski definition) is 5. The molecule has 0 aliphatic carbocycles. The molecular formula is C26H31ClN4O4. The summed E-state index contributed by atoms with van der Waals surface area (Å²) in [5, 5.41) is 3.30. The van der Waals surface area contributed by atoms with Crippen molar-refractivity contribution in [1.29, 1.82) is 0 Å². The highest BCUT2D eigenvalue weighted by atomic mass is 35.5. The Balaban J connectivity index is 1.60. The molecule has 1 aromatic carbocycles. The fourth-order valence-corrected chi connectivity index (χ4v) is 5.06. The van der Waals surface area contributed by atoms with Gasteiger partial charge in [-0.1, -0.05) is 30.2 Å². The molecule has 2 aromatic rings. The van der Waals surface area contributed by atoms with Gasteiger partial charge in [-0.2, -0.15) is 0 Å². The van der Waals surface area contributed by atoms with E-state index >= 15 is 0 Å². The van der Waals surface area contributed by atoms with E-state index in [4.69, 9.17) is 16.3 Å². The number of nitrogens with one attached hydrogen (secondary N) is 1. The second-order valence-electron chi connectivity index (χ2n) is 9.11. The monoisotopic (exact) mass is 498 g/mol. The smallest absolute Gasteiger partial charge is 0.272 e. The zero-order valence-electron chi connectivity index (χ0n) is 20.0. The third-order valence-corrected chi connectivity index (χ3v) is 7.24. The van der Waals surface area contributed by atoms with Crippen LogP contribution in [0, 0.1) is 5.41 Å². The summed E-state index contributed by atoms with van der Waals surface area (Å²) in [6.45, 7) is 2.14. The number of benzene rings is 1. The van der Waals surface area contributed by atoms with Gasteiger partial charge in [0.2, 0.25) is 5.91 Å². The van der Waals surface area contributed by atoms with Gasteiger partial charge in [-0.15, -0.1) is 0 Å². The van der Waals surface area contributed by atoms with Crippen molar-refractivity contribution < 1.29 is 19.1 Å². The second-order valence-corrected chi connectivity index (χ2v) is 9.54. The minimum atomic E-state index is -0.506. The van der Waals surface area contributed by atoms with E-state index in [1.54, 1.807) is 36.2 Å². The van der Waals surface area contributed by atoms with E-state index in [9.17, 15) is 14.4 Å². The summed E-state index contributed by atoms with van der Waals surface area (Å²) in [6, 6.07) is 10.4. The van der Waals surface area contributed by atoms with Gasteiger partial charge in [0.05, 0.1) is 22.5 Å². The minimum Gasteiger partial charge on any atom is -0.491 e. The number of aromatic nitrogens is 1. The van der Waals surface area contributed by atoms with E-state index in [0.29, 0.717) is 67.5 Å². The van der Waals surface area contributed by atoms with Gasteiger partial charge in [-0.25, -0.2) is 4.98 Å². The molecule has 4 heterocycles. The van der Waals surface area contributed by atoms with Crippen molar-refractivity contribution in [2.24, 2.45) is 5.41 Å². The maximum absolute atomic E-state index is 13.3. The van der Waals surface area contributed by atoms with Crippen LogP contribution < -0.4 is 10.1 Å². The van der Waals surface area contributed by atoms with Crippen molar-refractivity contribution in [3.8, 4) is 5.75 Å². The molecule has 1 N–H and O–H groups in total. The van der Waals surface area contributed by atoms with Crippen LogP contribution in [0.5, 0.6) is 5.75 Å². The number of rotatable bonds is 2. The number of halogens is 1. The highest BCUT2D eigenvalue weighted by Crippen LogP contribution is 2.38. The van der Waals surface area contributed by atoms with Gasteiger partial charge in [0.1, 0.15) is 18.1 Å². The van der Waals surface area contributed by atoms with Crippen LogP contribution in [0.4, 0.5) is 0 Å². The van der Waals surface area contributed by atoms with Crippen LogP contribution in [0.15, 0.2) is 42.6 Å². The predicted octanol–water partition coefficient (Wildman–Crippen LogP) is 3.41. The summed E-state index contributed by atoms with van der Waals surface area (Å²) in [5.41, 5.74) is 0.303. The Hall–Kier alpha value is -3.13. The van der Waals surface area contributed by atoms with E-state index in [1.807, 2.05) is 17.0 Å². The quantitative estimate of drug-likeness (QED) is 0.685. The first kappa shape index (κ1) is 25.0. The molecule has 0 radical (unpaired) electrons. The molecule has 0 unspecified atom stereocenters. The molecule has 0 atom stereocenters. The third-order valence-electron chi connectivity index (χ3n) is 7.02. The molecule has 8 nitrogen and oxygen atoms in total. The van der Waals surface area contributed by atoms with E-state index in [2.05, 4.69) is 10.3 Å². The highest BCUT2D eigenvalue weighted by Gasteiger charge is 2.41. The van der Waals surface area contributed by atoms with Gasteiger partial charge >= 0.3 is 0 Å². The molecule has 3 aliphatic rings. The van der Waals surface area contributed by atoms with Crippen LogP contribution in [-0.2, 0) is 4.79 Å². The van der Waals surface area contributed by atoms with Crippen LogP contribution in [0.3, 0.4) is 0 Å². The molecule has 2 bridgehead atoms. The van der Waals surface area contributed by atoms with Gasteiger partial charge < -0.3 is 19.9 Å². The number of amides is 3. The molecule has 5 rings (SSSR count). The molecule has 0 spiro atoms. The average molecular weight is 499 g/mol. The van der Waals surface area contributed by atoms with Gasteiger partial charge in [0, 0.05) is 32.9 Å². The lowest BCUT2D eigenvalue weighted by atomic mass is 9.73. The molecule has 3 aliphatic heterocycles. The lowest BCUT2D eigenvalue weighted by Crippen LogP contribution is -2.49. The number of carbonyl (C=O) groups is 3. The van der Waals surface area contributed by atoms with Crippen molar-refractivity contribution in [1.82, 2.24) is 20.1 Å². The number of nitrogens with zero attached hydrogens (tertiary/aromatic N) is 3.